The van der Waals surface area contributed by atoms with E-state index < -0.39 is 20.9 Å². The lowest BCUT2D eigenvalue weighted by molar-refractivity contribution is 0.218. The van der Waals surface area contributed by atoms with Gasteiger partial charge in [-0.1, -0.05) is 62.2 Å². The maximum absolute atomic E-state index is 12.9. The molecule has 0 spiro atoms. The highest BCUT2D eigenvalue weighted by Gasteiger charge is 2.24. The fraction of sp³-hybridized carbons (Fsp3) is 0.435. The third-order valence-corrected chi connectivity index (χ3v) is 6.59. The van der Waals surface area contributed by atoms with Crippen LogP contribution in [0.3, 0.4) is 0 Å². The van der Waals surface area contributed by atoms with Gasteiger partial charge in [-0.15, -0.1) is 0 Å². The van der Waals surface area contributed by atoms with E-state index in [2.05, 4.69) is 11.6 Å². The summed E-state index contributed by atoms with van der Waals surface area (Å²) >= 11 is 5.74. The van der Waals surface area contributed by atoms with Crippen LogP contribution < -0.4 is 4.72 Å². The van der Waals surface area contributed by atoms with Crippen LogP contribution in [0.2, 0.25) is 0 Å². The van der Waals surface area contributed by atoms with Gasteiger partial charge in [-0.25, -0.2) is 13.1 Å². The van der Waals surface area contributed by atoms with Crippen molar-refractivity contribution < 1.29 is 13.2 Å². The lowest BCUT2D eigenvalue weighted by Gasteiger charge is -2.22. The molecule has 30 heavy (non-hydrogen) atoms. The van der Waals surface area contributed by atoms with Crippen molar-refractivity contribution in [1.29, 1.82) is 0 Å². The number of amides is 1. The van der Waals surface area contributed by atoms with Crippen LogP contribution in [-0.2, 0) is 16.6 Å². The highest BCUT2D eigenvalue weighted by molar-refractivity contribution is 7.89. The Balaban J connectivity index is 2.26. The first-order valence-electron chi connectivity index (χ1n) is 10.2. The number of halogens is 1. The summed E-state index contributed by atoms with van der Waals surface area (Å²) in [6, 6.07) is 14.5. The molecule has 5 nitrogen and oxygen atoms in total. The third-order valence-electron chi connectivity index (χ3n) is 4.54. The van der Waals surface area contributed by atoms with Crippen molar-refractivity contribution in [3.05, 3.63) is 54.1 Å². The molecule has 0 fully saturated rings. The first-order valence-corrected chi connectivity index (χ1v) is 12.1. The van der Waals surface area contributed by atoms with Gasteiger partial charge in [0.2, 0.25) is 10.0 Å². The Hall–Kier alpha value is -1.89. The molecule has 0 unspecified atom stereocenters. The molecule has 0 aromatic heterocycles. The molecule has 1 amide bonds. The first-order chi connectivity index (χ1) is 14.0. The summed E-state index contributed by atoms with van der Waals surface area (Å²) in [5.41, 5.74) is 1.79. The highest BCUT2D eigenvalue weighted by atomic mass is 35.5. The third kappa shape index (κ3) is 7.11. The molecule has 0 radical (unpaired) electrons. The van der Waals surface area contributed by atoms with E-state index in [0.29, 0.717) is 18.7 Å². The molecule has 0 aliphatic rings. The minimum absolute atomic E-state index is 0.241. The van der Waals surface area contributed by atoms with Crippen molar-refractivity contribution in [2.24, 2.45) is 0 Å². The molecule has 0 saturated carbocycles. The molecule has 2 rings (SSSR count). The van der Waals surface area contributed by atoms with Crippen LogP contribution in [0.4, 0.5) is 4.79 Å². The second-order valence-corrected chi connectivity index (χ2v) is 10.4. The molecule has 0 bridgehead atoms. The van der Waals surface area contributed by atoms with Crippen molar-refractivity contribution in [2.45, 2.75) is 63.9 Å². The van der Waals surface area contributed by atoms with Crippen LogP contribution in [0.1, 0.15) is 52.5 Å². The van der Waals surface area contributed by atoms with E-state index in [4.69, 9.17) is 11.6 Å². The van der Waals surface area contributed by atoms with E-state index in [-0.39, 0.29) is 4.90 Å². The smallest absolute Gasteiger partial charge is 0.316 e. The number of unbranched alkanes of at least 4 members (excludes halogenated alkanes) is 2. The van der Waals surface area contributed by atoms with Crippen LogP contribution in [0.15, 0.2) is 53.4 Å². The van der Waals surface area contributed by atoms with Gasteiger partial charge in [0.1, 0.15) is 0 Å². The summed E-state index contributed by atoms with van der Waals surface area (Å²) < 4.78 is 28.5. The van der Waals surface area contributed by atoms with Crippen LogP contribution in [-0.4, -0.2) is 30.8 Å². The summed E-state index contributed by atoms with van der Waals surface area (Å²) in [5, 5.41) is -0.458. The van der Waals surface area contributed by atoms with E-state index in [1.54, 1.807) is 23.1 Å². The summed E-state index contributed by atoms with van der Waals surface area (Å²) in [6.45, 7) is 8.60. The van der Waals surface area contributed by atoms with Gasteiger partial charge in [-0.2, -0.15) is 0 Å². The number of carbonyl (C=O) groups is 1. The second kappa shape index (κ2) is 10.4. The zero-order chi connectivity index (χ0) is 22.4. The van der Waals surface area contributed by atoms with Crippen molar-refractivity contribution in [3.63, 3.8) is 0 Å². The van der Waals surface area contributed by atoms with Crippen LogP contribution in [0.5, 0.6) is 0 Å². The summed E-state index contributed by atoms with van der Waals surface area (Å²) in [6.07, 6.45) is 3.04. The number of hydrogen-bond donors (Lipinski definition) is 1. The standard InChI is InChI=1S/C23H31ClN2O3S/c1-5-6-9-16-26(22(24)27)17-18-12-14-19(15-13-18)20-10-7-8-11-21(20)30(28,29)25-23(2,3)4/h7-8,10-15,25H,5-6,9,16-17H2,1-4H3. The minimum Gasteiger partial charge on any atom is -0.325 e. The SMILES string of the molecule is CCCCCN(Cc1ccc(-c2ccccc2S(=O)(=O)NC(C)(C)C)cc1)C(=O)Cl. The van der Waals surface area contributed by atoms with Gasteiger partial charge in [0.05, 0.1) is 4.90 Å². The Morgan fingerprint density at radius 1 is 1.03 bits per heavy atom. The molecule has 1 N–H and O–H groups in total. The monoisotopic (exact) mass is 450 g/mol. The second-order valence-electron chi connectivity index (χ2n) is 8.43. The predicted molar refractivity (Wildman–Crippen MR) is 123 cm³/mol. The summed E-state index contributed by atoms with van der Waals surface area (Å²) in [7, 11) is -3.67. The van der Waals surface area contributed by atoms with E-state index in [1.165, 1.54) is 0 Å². The molecular formula is C23H31ClN2O3S. The Morgan fingerprint density at radius 3 is 2.23 bits per heavy atom. The molecule has 0 heterocycles. The lowest BCUT2D eigenvalue weighted by Crippen LogP contribution is -2.40. The number of rotatable bonds is 9. The number of sulfonamides is 1. The molecular weight excluding hydrogens is 420 g/mol. The molecule has 7 heteroatoms. The zero-order valence-corrected chi connectivity index (χ0v) is 19.7. The molecule has 0 atom stereocenters. The van der Waals surface area contributed by atoms with Crippen LogP contribution >= 0.6 is 11.6 Å². The molecule has 0 saturated heterocycles. The molecule has 164 valence electrons. The van der Waals surface area contributed by atoms with Gasteiger partial charge in [0, 0.05) is 24.2 Å². The van der Waals surface area contributed by atoms with Crippen molar-refractivity contribution in [1.82, 2.24) is 9.62 Å². The van der Waals surface area contributed by atoms with E-state index in [9.17, 15) is 13.2 Å². The maximum Gasteiger partial charge on any atom is 0.316 e. The predicted octanol–water partition coefficient (Wildman–Crippen LogP) is 5.78. The Morgan fingerprint density at radius 2 is 1.67 bits per heavy atom. The van der Waals surface area contributed by atoms with Gasteiger partial charge in [0.15, 0.2) is 0 Å². The average molecular weight is 451 g/mol. The lowest BCUT2D eigenvalue weighted by atomic mass is 10.0. The fourth-order valence-electron chi connectivity index (χ4n) is 3.19. The first kappa shape index (κ1) is 24.4. The van der Waals surface area contributed by atoms with Crippen LogP contribution in [0, 0.1) is 0 Å². The fourth-order valence-corrected chi connectivity index (χ4v) is 4.98. The summed E-state index contributed by atoms with van der Waals surface area (Å²) in [5.74, 6) is 0. The quantitative estimate of drug-likeness (QED) is 0.299. The van der Waals surface area contributed by atoms with Crippen LogP contribution in [0.25, 0.3) is 11.1 Å². The largest absolute Gasteiger partial charge is 0.325 e. The summed E-state index contributed by atoms with van der Waals surface area (Å²) in [4.78, 5) is 13.6. The molecule has 0 aliphatic carbocycles. The number of carbonyl (C=O) groups excluding carboxylic acids is 1. The molecule has 2 aromatic carbocycles. The van der Waals surface area contributed by atoms with Gasteiger partial charge >= 0.3 is 5.37 Å². The van der Waals surface area contributed by atoms with Gasteiger partial charge in [-0.3, -0.25) is 4.79 Å². The van der Waals surface area contributed by atoms with Crippen molar-refractivity contribution in [3.8, 4) is 11.1 Å². The highest BCUT2D eigenvalue weighted by Crippen LogP contribution is 2.28. The zero-order valence-electron chi connectivity index (χ0n) is 18.1. The van der Waals surface area contributed by atoms with Crippen molar-refractivity contribution >= 4 is 27.0 Å². The number of nitrogens with one attached hydrogen (secondary N) is 1. The maximum atomic E-state index is 12.9. The molecule has 0 aliphatic heterocycles. The van der Waals surface area contributed by atoms with Gasteiger partial charge in [0.25, 0.3) is 0 Å². The van der Waals surface area contributed by atoms with E-state index >= 15 is 0 Å². The number of benzene rings is 2. The normalized spacial score (nSPS) is 12.0. The van der Waals surface area contributed by atoms with Crippen molar-refractivity contribution in [2.75, 3.05) is 6.54 Å². The molecule has 2 aromatic rings. The number of hydrogen-bond acceptors (Lipinski definition) is 3. The van der Waals surface area contributed by atoms with Gasteiger partial charge in [-0.05, 0) is 56.0 Å². The Labute approximate surface area is 185 Å². The average Bonchev–Trinajstić information content (AvgIpc) is 2.66. The Bertz CT molecular complexity index is 951. The Kier molecular flexibility index (Phi) is 8.47. The minimum atomic E-state index is -3.67. The topological polar surface area (TPSA) is 66.5 Å². The van der Waals surface area contributed by atoms with Gasteiger partial charge < -0.3 is 4.90 Å². The van der Waals surface area contributed by atoms with E-state index in [0.717, 1.165) is 30.4 Å². The number of nitrogens with zero attached hydrogens (tertiary/aromatic N) is 1. The van der Waals surface area contributed by atoms with E-state index in [1.807, 2.05) is 51.1 Å².